The van der Waals surface area contributed by atoms with E-state index < -0.39 is 10.8 Å². The van der Waals surface area contributed by atoms with E-state index >= 15 is 0 Å². The fourth-order valence-corrected chi connectivity index (χ4v) is 2.00. The van der Waals surface area contributed by atoms with E-state index in [1.807, 2.05) is 25.1 Å². The maximum absolute atomic E-state index is 11.6. The molecule has 24 heavy (non-hydrogen) atoms. The molecule has 7 nitrogen and oxygen atoms in total. The van der Waals surface area contributed by atoms with Crippen molar-refractivity contribution in [3.63, 3.8) is 0 Å². The van der Waals surface area contributed by atoms with Crippen molar-refractivity contribution in [1.29, 1.82) is 0 Å². The van der Waals surface area contributed by atoms with Crippen LogP contribution in [0.25, 0.3) is 0 Å². The Morgan fingerprint density at radius 1 is 1.38 bits per heavy atom. The van der Waals surface area contributed by atoms with Crippen LogP contribution >= 0.6 is 11.6 Å². The predicted octanol–water partition coefficient (Wildman–Crippen LogP) is 3.09. The average Bonchev–Trinajstić information content (AvgIpc) is 2.54. The number of nitrogens with one attached hydrogen (secondary N) is 1. The number of hydrogen-bond acceptors (Lipinski definition) is 5. The number of amides is 1. The highest BCUT2D eigenvalue weighted by Crippen LogP contribution is 2.24. The minimum atomic E-state index is -0.589. The lowest BCUT2D eigenvalue weighted by atomic mass is 10.2. The van der Waals surface area contributed by atoms with Crippen LogP contribution in [0.3, 0.4) is 0 Å². The van der Waals surface area contributed by atoms with Gasteiger partial charge in [0.2, 0.25) is 0 Å². The third-order valence-electron chi connectivity index (χ3n) is 2.93. The van der Waals surface area contributed by atoms with Crippen LogP contribution in [0.1, 0.15) is 11.1 Å². The molecule has 1 N–H and O–H groups in total. The Labute approximate surface area is 143 Å². The number of halogens is 1. The highest BCUT2D eigenvalue weighted by Gasteiger charge is 2.11. The van der Waals surface area contributed by atoms with Crippen molar-refractivity contribution in [2.75, 3.05) is 6.61 Å². The molecular weight excluding hydrogens is 334 g/mol. The zero-order chi connectivity index (χ0) is 17.5. The Kier molecular flexibility index (Phi) is 5.86. The van der Waals surface area contributed by atoms with Gasteiger partial charge in [0.1, 0.15) is 10.8 Å². The minimum absolute atomic E-state index is 0.0349. The van der Waals surface area contributed by atoms with Crippen molar-refractivity contribution < 1.29 is 14.5 Å². The summed E-state index contributed by atoms with van der Waals surface area (Å²) < 4.78 is 5.32. The third kappa shape index (κ3) is 5.06. The monoisotopic (exact) mass is 347 g/mol. The molecule has 1 amide bonds. The Bertz CT molecular complexity index is 793. The SMILES string of the molecule is Cc1cccc(OCC(=O)N/N=C/c2ccc(Cl)c([N+](=O)[O-])c2)c1. The van der Waals surface area contributed by atoms with Gasteiger partial charge in [-0.25, -0.2) is 5.43 Å². The van der Waals surface area contributed by atoms with Gasteiger partial charge in [-0.2, -0.15) is 5.10 Å². The first-order valence-corrected chi connectivity index (χ1v) is 7.29. The van der Waals surface area contributed by atoms with Gasteiger partial charge < -0.3 is 4.74 Å². The molecule has 0 spiro atoms. The van der Waals surface area contributed by atoms with E-state index in [9.17, 15) is 14.9 Å². The molecule has 0 aliphatic heterocycles. The topological polar surface area (TPSA) is 93.8 Å². The number of benzene rings is 2. The molecule has 0 radical (unpaired) electrons. The average molecular weight is 348 g/mol. The van der Waals surface area contributed by atoms with Crippen LogP contribution < -0.4 is 10.2 Å². The molecule has 0 aromatic heterocycles. The molecule has 0 unspecified atom stereocenters. The quantitative estimate of drug-likeness (QED) is 0.493. The molecule has 0 fully saturated rings. The predicted molar refractivity (Wildman–Crippen MR) is 90.5 cm³/mol. The Hall–Kier alpha value is -2.93. The molecule has 0 bridgehead atoms. The van der Waals surface area contributed by atoms with E-state index in [4.69, 9.17) is 16.3 Å². The fraction of sp³-hybridized carbons (Fsp3) is 0.125. The lowest BCUT2D eigenvalue weighted by Crippen LogP contribution is -2.24. The van der Waals surface area contributed by atoms with Gasteiger partial charge in [-0.1, -0.05) is 29.8 Å². The van der Waals surface area contributed by atoms with Gasteiger partial charge in [0.05, 0.1) is 11.1 Å². The van der Waals surface area contributed by atoms with Crippen molar-refractivity contribution >= 4 is 29.4 Å². The Balaban J connectivity index is 1.88. The number of carbonyl (C=O) groups is 1. The van der Waals surface area contributed by atoms with Gasteiger partial charge in [-0.3, -0.25) is 14.9 Å². The van der Waals surface area contributed by atoms with Gasteiger partial charge in [0.15, 0.2) is 6.61 Å². The highest BCUT2D eigenvalue weighted by molar-refractivity contribution is 6.32. The van der Waals surface area contributed by atoms with Crippen LogP contribution in [0.15, 0.2) is 47.6 Å². The number of hydrazone groups is 1. The molecule has 2 aromatic rings. The van der Waals surface area contributed by atoms with Crippen molar-refractivity contribution in [2.45, 2.75) is 6.92 Å². The van der Waals surface area contributed by atoms with Gasteiger partial charge in [-0.15, -0.1) is 0 Å². The summed E-state index contributed by atoms with van der Waals surface area (Å²) in [5, 5.41) is 14.6. The summed E-state index contributed by atoms with van der Waals surface area (Å²) in [5.41, 5.74) is 3.51. The second-order valence-corrected chi connectivity index (χ2v) is 5.27. The van der Waals surface area contributed by atoms with E-state index in [2.05, 4.69) is 10.5 Å². The summed E-state index contributed by atoms with van der Waals surface area (Å²) in [6, 6.07) is 11.5. The Morgan fingerprint density at radius 3 is 2.88 bits per heavy atom. The van der Waals surface area contributed by atoms with Crippen LogP contribution in [0.2, 0.25) is 5.02 Å². The summed E-state index contributed by atoms with van der Waals surface area (Å²) in [5.74, 6) is 0.138. The van der Waals surface area contributed by atoms with Crippen LogP contribution in [-0.2, 0) is 4.79 Å². The molecular formula is C16H14ClN3O4. The summed E-state index contributed by atoms with van der Waals surface area (Å²) in [6.45, 7) is 1.73. The molecule has 0 heterocycles. The summed E-state index contributed by atoms with van der Waals surface area (Å²) in [7, 11) is 0. The lowest BCUT2D eigenvalue weighted by Gasteiger charge is -2.05. The number of hydrogen-bond donors (Lipinski definition) is 1. The zero-order valence-electron chi connectivity index (χ0n) is 12.7. The maximum Gasteiger partial charge on any atom is 0.288 e. The molecule has 2 aromatic carbocycles. The van der Waals surface area contributed by atoms with Gasteiger partial charge in [-0.05, 0) is 30.7 Å². The van der Waals surface area contributed by atoms with Crippen molar-refractivity contribution in [2.24, 2.45) is 5.10 Å². The molecule has 0 saturated carbocycles. The highest BCUT2D eigenvalue weighted by atomic mass is 35.5. The van der Waals surface area contributed by atoms with Gasteiger partial charge in [0, 0.05) is 11.6 Å². The summed E-state index contributed by atoms with van der Waals surface area (Å²) in [4.78, 5) is 21.8. The van der Waals surface area contributed by atoms with Crippen LogP contribution in [0.5, 0.6) is 5.75 Å². The largest absolute Gasteiger partial charge is 0.484 e. The third-order valence-corrected chi connectivity index (χ3v) is 3.25. The molecule has 0 aliphatic rings. The van der Waals surface area contributed by atoms with Crippen LogP contribution in [-0.4, -0.2) is 23.7 Å². The number of carbonyl (C=O) groups excluding carboxylic acids is 1. The number of rotatable bonds is 6. The fourth-order valence-electron chi connectivity index (χ4n) is 1.81. The lowest BCUT2D eigenvalue weighted by molar-refractivity contribution is -0.384. The van der Waals surface area contributed by atoms with Crippen molar-refractivity contribution in [1.82, 2.24) is 5.43 Å². The van der Waals surface area contributed by atoms with Gasteiger partial charge >= 0.3 is 0 Å². The second-order valence-electron chi connectivity index (χ2n) is 4.87. The van der Waals surface area contributed by atoms with E-state index in [1.54, 1.807) is 12.1 Å². The maximum atomic E-state index is 11.6. The molecule has 0 atom stereocenters. The van der Waals surface area contributed by atoms with E-state index in [0.717, 1.165) is 5.56 Å². The van der Waals surface area contributed by atoms with E-state index in [0.29, 0.717) is 11.3 Å². The van der Waals surface area contributed by atoms with Crippen molar-refractivity contribution in [3.05, 3.63) is 68.7 Å². The molecule has 2 rings (SSSR count). The standard InChI is InChI=1S/C16H14ClN3O4/c1-11-3-2-4-13(7-11)24-10-16(21)19-18-9-12-5-6-14(17)15(8-12)20(22)23/h2-9H,10H2,1H3,(H,19,21)/b18-9+. The smallest absolute Gasteiger partial charge is 0.288 e. The summed E-state index contributed by atoms with van der Waals surface area (Å²) in [6.07, 6.45) is 1.29. The first kappa shape index (κ1) is 17.4. The van der Waals surface area contributed by atoms with Gasteiger partial charge in [0.25, 0.3) is 11.6 Å². The molecule has 0 saturated heterocycles. The van der Waals surface area contributed by atoms with E-state index in [-0.39, 0.29) is 17.3 Å². The second kappa shape index (κ2) is 8.07. The summed E-state index contributed by atoms with van der Waals surface area (Å²) >= 11 is 5.71. The minimum Gasteiger partial charge on any atom is -0.484 e. The number of nitro benzene ring substituents is 1. The van der Waals surface area contributed by atoms with Crippen LogP contribution in [0.4, 0.5) is 5.69 Å². The molecule has 124 valence electrons. The number of nitrogens with zero attached hydrogens (tertiary/aromatic N) is 2. The Morgan fingerprint density at radius 2 is 2.17 bits per heavy atom. The van der Waals surface area contributed by atoms with Crippen molar-refractivity contribution in [3.8, 4) is 5.75 Å². The molecule has 0 aliphatic carbocycles. The first-order valence-electron chi connectivity index (χ1n) is 6.91. The van der Waals surface area contributed by atoms with E-state index in [1.165, 1.54) is 18.3 Å². The normalized spacial score (nSPS) is 10.6. The first-order chi connectivity index (χ1) is 11.5. The van der Waals surface area contributed by atoms with Crippen LogP contribution in [0, 0.1) is 17.0 Å². The molecule has 8 heteroatoms. The number of aryl methyl sites for hydroxylation is 1. The number of ether oxygens (including phenoxy) is 1. The zero-order valence-corrected chi connectivity index (χ0v) is 13.5. The number of nitro groups is 1.